The van der Waals surface area contributed by atoms with E-state index < -0.39 is 5.79 Å². The van der Waals surface area contributed by atoms with Gasteiger partial charge in [0.25, 0.3) is 0 Å². The summed E-state index contributed by atoms with van der Waals surface area (Å²) in [4.78, 5) is 16.1. The molecule has 2 aliphatic heterocycles. The molecule has 2 aliphatic rings. The van der Waals surface area contributed by atoms with Crippen LogP contribution in [0.5, 0.6) is 0 Å². The van der Waals surface area contributed by atoms with E-state index in [1.165, 1.54) is 18.4 Å². The highest BCUT2D eigenvalue weighted by molar-refractivity contribution is 6.31. The molecule has 158 valence electrons. The van der Waals surface area contributed by atoms with Gasteiger partial charge in [0.05, 0.1) is 50.2 Å². The van der Waals surface area contributed by atoms with Crippen LogP contribution in [0.15, 0.2) is 30.5 Å². The average molecular weight is 422 g/mol. The van der Waals surface area contributed by atoms with E-state index in [4.69, 9.17) is 26.1 Å². The predicted molar refractivity (Wildman–Crippen MR) is 113 cm³/mol. The van der Waals surface area contributed by atoms with Crippen molar-refractivity contribution in [1.82, 2.24) is 0 Å². The van der Waals surface area contributed by atoms with Gasteiger partial charge >= 0.3 is 0 Å². The number of H-pyrrole nitrogens is 1. The maximum absolute atomic E-state index is 6.09. The van der Waals surface area contributed by atoms with E-state index in [2.05, 4.69) is 22.4 Å². The minimum absolute atomic E-state index is 0.351. The van der Waals surface area contributed by atoms with E-state index in [0.717, 1.165) is 55.1 Å². The molecule has 1 aromatic heterocycles. The molecule has 2 fully saturated rings. The van der Waals surface area contributed by atoms with Gasteiger partial charge in [-0.3, -0.25) is 0 Å². The van der Waals surface area contributed by atoms with E-state index in [-0.39, 0.29) is 5.60 Å². The van der Waals surface area contributed by atoms with Crippen molar-refractivity contribution in [2.75, 3.05) is 38.1 Å². The number of halogens is 1. The monoisotopic (exact) mass is 421 g/mol. The Bertz CT molecular complexity index is 825. The Balaban J connectivity index is 1.17. The zero-order chi connectivity index (χ0) is 20.3. The van der Waals surface area contributed by atoms with Crippen molar-refractivity contribution in [3.05, 3.63) is 35.5 Å². The fourth-order valence-corrected chi connectivity index (χ4v) is 4.23. The molecular weight excluding hydrogens is 390 g/mol. The molecular formula is C22H32ClN3O3+2. The number of likely N-dealkylation sites (tertiary alicyclic amines) is 1. The van der Waals surface area contributed by atoms with Gasteiger partial charge in [0, 0.05) is 23.7 Å². The smallest absolute Gasteiger partial charge is 0.214 e. The Morgan fingerprint density at radius 2 is 1.97 bits per heavy atom. The minimum atomic E-state index is -0.519. The Labute approximate surface area is 177 Å². The van der Waals surface area contributed by atoms with Gasteiger partial charge in [-0.05, 0) is 38.8 Å². The molecule has 0 radical (unpaired) electrons. The first-order valence-corrected chi connectivity index (χ1v) is 11.0. The number of piperidine rings is 1. The van der Waals surface area contributed by atoms with E-state index in [1.54, 1.807) is 4.90 Å². The van der Waals surface area contributed by atoms with Crippen molar-refractivity contribution < 1.29 is 24.4 Å². The highest BCUT2D eigenvalue weighted by Crippen LogP contribution is 2.32. The molecule has 0 atom stereocenters. The highest BCUT2D eigenvalue weighted by atomic mass is 35.5. The molecule has 0 saturated carbocycles. The molecule has 0 amide bonds. The van der Waals surface area contributed by atoms with Gasteiger partial charge < -0.3 is 15.0 Å². The molecule has 1 spiro atoms. The molecule has 0 unspecified atom stereocenters. The van der Waals surface area contributed by atoms with Crippen LogP contribution in [0.3, 0.4) is 0 Å². The van der Waals surface area contributed by atoms with Gasteiger partial charge in [0.1, 0.15) is 5.60 Å². The van der Waals surface area contributed by atoms with Gasteiger partial charge in [0.15, 0.2) is 6.20 Å². The number of quaternary nitrogens is 1. The predicted octanol–water partition coefficient (Wildman–Crippen LogP) is 2.63. The number of anilines is 1. The third-order valence-electron chi connectivity index (χ3n) is 5.85. The number of hydrogen-bond donors (Lipinski definition) is 2. The maximum atomic E-state index is 6.09. The largest absolute Gasteiger partial charge is 0.384 e. The Morgan fingerprint density at radius 3 is 2.72 bits per heavy atom. The van der Waals surface area contributed by atoms with Crippen LogP contribution >= 0.6 is 11.6 Å². The van der Waals surface area contributed by atoms with Crippen molar-refractivity contribution in [2.45, 2.75) is 50.9 Å². The number of benzene rings is 1. The van der Waals surface area contributed by atoms with Crippen LogP contribution in [0.1, 0.15) is 39.5 Å². The van der Waals surface area contributed by atoms with Crippen LogP contribution in [0.25, 0.3) is 10.9 Å². The third kappa shape index (κ3) is 5.19. The number of pyridine rings is 1. The SMILES string of the molecule is CC1(C)COC2(CC[NH+](CCCCNc3cc[nH+]c4cc(Cl)ccc34)CC2)OO1. The fraction of sp³-hybridized carbons (Fsp3) is 0.591. The lowest BCUT2D eigenvalue weighted by Crippen LogP contribution is -3.13. The molecule has 4 rings (SSSR count). The molecule has 7 heteroatoms. The lowest BCUT2D eigenvalue weighted by Gasteiger charge is -2.44. The molecule has 2 aromatic rings. The normalized spacial score (nSPS) is 26.7. The lowest BCUT2D eigenvalue weighted by atomic mass is 10.0. The van der Waals surface area contributed by atoms with Crippen molar-refractivity contribution in [3.8, 4) is 0 Å². The van der Waals surface area contributed by atoms with E-state index in [9.17, 15) is 0 Å². The zero-order valence-electron chi connectivity index (χ0n) is 17.4. The first kappa shape index (κ1) is 20.8. The number of hydrogen-bond acceptors (Lipinski definition) is 4. The van der Waals surface area contributed by atoms with Crippen molar-refractivity contribution >= 4 is 28.2 Å². The summed E-state index contributed by atoms with van der Waals surface area (Å²) < 4.78 is 6.02. The topological polar surface area (TPSA) is 58.3 Å². The molecule has 6 nitrogen and oxygen atoms in total. The number of aromatic nitrogens is 1. The molecule has 3 heterocycles. The Kier molecular flexibility index (Phi) is 6.27. The molecule has 3 N–H and O–H groups in total. The summed E-state index contributed by atoms with van der Waals surface area (Å²) >= 11 is 6.09. The van der Waals surface area contributed by atoms with E-state index in [0.29, 0.717) is 6.61 Å². The van der Waals surface area contributed by atoms with Gasteiger partial charge in [0.2, 0.25) is 11.3 Å². The summed E-state index contributed by atoms with van der Waals surface area (Å²) in [6.07, 6.45) is 6.09. The van der Waals surface area contributed by atoms with Crippen LogP contribution in [0.4, 0.5) is 5.69 Å². The molecule has 0 aliphatic carbocycles. The fourth-order valence-electron chi connectivity index (χ4n) is 4.06. The maximum Gasteiger partial charge on any atom is 0.214 e. The number of fused-ring (bicyclic) bond motifs is 1. The van der Waals surface area contributed by atoms with Crippen LogP contribution < -0.4 is 15.2 Å². The van der Waals surface area contributed by atoms with Gasteiger partial charge in [-0.15, -0.1) is 0 Å². The summed E-state index contributed by atoms with van der Waals surface area (Å²) in [5.74, 6) is -0.519. The average Bonchev–Trinajstić information content (AvgIpc) is 2.71. The van der Waals surface area contributed by atoms with Crippen molar-refractivity contribution in [3.63, 3.8) is 0 Å². The number of unbranched alkanes of at least 4 members (excludes halogenated alkanes) is 1. The number of rotatable bonds is 6. The van der Waals surface area contributed by atoms with Crippen molar-refractivity contribution in [2.24, 2.45) is 0 Å². The second-order valence-electron chi connectivity index (χ2n) is 8.84. The summed E-state index contributed by atoms with van der Waals surface area (Å²) in [7, 11) is 0. The number of nitrogens with one attached hydrogen (secondary N) is 3. The molecule has 2 saturated heterocycles. The third-order valence-corrected chi connectivity index (χ3v) is 6.09. The standard InChI is InChI=1S/C22H30ClN3O3/c1-21(2)16-27-22(29-28-21)8-13-26(14-9-22)12-4-3-10-24-19-7-11-25-20-15-17(23)5-6-18(19)20/h5-7,11,15H,3-4,8-10,12-14,16H2,1-2H3,(H,24,25)/p+2. The van der Waals surface area contributed by atoms with Crippen LogP contribution in [-0.4, -0.2) is 44.2 Å². The molecule has 1 aromatic carbocycles. The van der Waals surface area contributed by atoms with E-state index >= 15 is 0 Å². The van der Waals surface area contributed by atoms with Crippen LogP contribution in [0, 0.1) is 0 Å². The Hall–Kier alpha value is -1.44. The van der Waals surface area contributed by atoms with Crippen LogP contribution in [0.2, 0.25) is 5.02 Å². The van der Waals surface area contributed by atoms with Gasteiger partial charge in [-0.2, -0.15) is 4.89 Å². The van der Waals surface area contributed by atoms with Gasteiger partial charge in [-0.1, -0.05) is 11.6 Å². The van der Waals surface area contributed by atoms with Gasteiger partial charge in [-0.25, -0.2) is 9.87 Å². The Morgan fingerprint density at radius 1 is 1.14 bits per heavy atom. The summed E-state index contributed by atoms with van der Waals surface area (Å²) in [6.45, 7) is 8.84. The highest BCUT2D eigenvalue weighted by Gasteiger charge is 2.46. The number of aromatic amines is 1. The second-order valence-corrected chi connectivity index (χ2v) is 9.28. The first-order chi connectivity index (χ1) is 13.9. The minimum Gasteiger partial charge on any atom is -0.384 e. The quantitative estimate of drug-likeness (QED) is 0.556. The molecule has 0 bridgehead atoms. The lowest BCUT2D eigenvalue weighted by molar-refractivity contribution is -0.910. The summed E-state index contributed by atoms with van der Waals surface area (Å²) in [5.41, 5.74) is 1.85. The summed E-state index contributed by atoms with van der Waals surface area (Å²) in [5, 5.41) is 5.49. The van der Waals surface area contributed by atoms with Crippen LogP contribution in [-0.2, 0) is 14.5 Å². The van der Waals surface area contributed by atoms with E-state index in [1.807, 2.05) is 32.2 Å². The summed E-state index contributed by atoms with van der Waals surface area (Å²) in [6, 6.07) is 8.03. The zero-order valence-corrected chi connectivity index (χ0v) is 18.1. The number of ether oxygens (including phenoxy) is 1. The second kappa shape index (κ2) is 8.74. The first-order valence-electron chi connectivity index (χ1n) is 10.6. The molecule has 29 heavy (non-hydrogen) atoms. The van der Waals surface area contributed by atoms with Crippen molar-refractivity contribution in [1.29, 1.82) is 0 Å².